The minimum absolute atomic E-state index is 0.342. The fraction of sp³-hybridized carbons (Fsp3) is 0.909. The number of hydrogen-bond acceptors (Lipinski definition) is 2. The molecule has 0 N–H and O–H groups in total. The maximum atomic E-state index is 11.8. The molecule has 14 heavy (non-hydrogen) atoms. The van der Waals surface area contributed by atoms with Crippen LogP contribution in [-0.4, -0.2) is 47.4 Å². The van der Waals surface area contributed by atoms with E-state index in [1.54, 1.807) is 0 Å². The summed E-state index contributed by atoms with van der Waals surface area (Å²) >= 11 is 0. The predicted molar refractivity (Wildman–Crippen MR) is 56.1 cm³/mol. The Bertz CT molecular complexity index is 227. The zero-order valence-electron chi connectivity index (χ0n) is 9.20. The highest BCUT2D eigenvalue weighted by atomic mass is 16.2. The van der Waals surface area contributed by atoms with Crippen LogP contribution < -0.4 is 0 Å². The second-order valence-corrected chi connectivity index (χ2v) is 4.76. The van der Waals surface area contributed by atoms with Crippen LogP contribution in [0, 0.1) is 0 Å². The third kappa shape index (κ3) is 1.78. The van der Waals surface area contributed by atoms with Crippen molar-refractivity contribution in [1.29, 1.82) is 0 Å². The van der Waals surface area contributed by atoms with Gasteiger partial charge in [0, 0.05) is 25.2 Å². The van der Waals surface area contributed by atoms with E-state index in [2.05, 4.69) is 23.6 Å². The van der Waals surface area contributed by atoms with Crippen molar-refractivity contribution < 1.29 is 4.79 Å². The summed E-state index contributed by atoms with van der Waals surface area (Å²) in [5.41, 5.74) is 0. The number of nitrogens with zero attached hydrogens (tertiary/aromatic N) is 2. The van der Waals surface area contributed by atoms with Gasteiger partial charge in [-0.3, -0.25) is 9.69 Å². The number of amides is 1. The van der Waals surface area contributed by atoms with Crippen molar-refractivity contribution in [3.05, 3.63) is 0 Å². The van der Waals surface area contributed by atoms with E-state index < -0.39 is 0 Å². The largest absolute Gasteiger partial charge is 0.337 e. The molecule has 2 heterocycles. The Morgan fingerprint density at radius 3 is 2.86 bits per heavy atom. The summed E-state index contributed by atoms with van der Waals surface area (Å²) in [7, 11) is 0. The number of piperidine rings is 1. The van der Waals surface area contributed by atoms with Crippen molar-refractivity contribution in [1.82, 2.24) is 9.80 Å². The van der Waals surface area contributed by atoms with Gasteiger partial charge in [0.15, 0.2) is 0 Å². The molecule has 0 aliphatic carbocycles. The van der Waals surface area contributed by atoms with Crippen LogP contribution in [0.5, 0.6) is 0 Å². The highest BCUT2D eigenvalue weighted by molar-refractivity contribution is 5.79. The zero-order valence-corrected chi connectivity index (χ0v) is 9.20. The zero-order chi connectivity index (χ0) is 10.1. The van der Waals surface area contributed by atoms with E-state index in [1.165, 1.54) is 19.3 Å². The molecule has 0 aromatic carbocycles. The van der Waals surface area contributed by atoms with Crippen molar-refractivity contribution in [2.45, 2.75) is 45.2 Å². The normalized spacial score (nSPS) is 29.5. The number of fused-ring (bicyclic) bond motifs is 1. The van der Waals surface area contributed by atoms with Gasteiger partial charge in [0.25, 0.3) is 0 Å². The monoisotopic (exact) mass is 196 g/mol. The molecule has 1 atom stereocenters. The summed E-state index contributed by atoms with van der Waals surface area (Å²) in [4.78, 5) is 16.2. The SMILES string of the molecule is CC(C)N1CC(=O)N2CCCCC2C1. The Balaban J connectivity index is 2.04. The highest BCUT2D eigenvalue weighted by Crippen LogP contribution is 2.22. The lowest BCUT2D eigenvalue weighted by molar-refractivity contribution is -0.142. The molecule has 1 amide bonds. The van der Waals surface area contributed by atoms with Crippen molar-refractivity contribution in [2.24, 2.45) is 0 Å². The van der Waals surface area contributed by atoms with Gasteiger partial charge in [-0.1, -0.05) is 0 Å². The molecule has 0 saturated carbocycles. The first-order valence-electron chi connectivity index (χ1n) is 5.72. The second-order valence-electron chi connectivity index (χ2n) is 4.76. The molecule has 3 heteroatoms. The van der Waals surface area contributed by atoms with Crippen LogP contribution in [0.1, 0.15) is 33.1 Å². The lowest BCUT2D eigenvalue weighted by Crippen LogP contribution is -2.59. The molecule has 0 bridgehead atoms. The maximum absolute atomic E-state index is 11.8. The Hall–Kier alpha value is -0.570. The summed E-state index contributed by atoms with van der Waals surface area (Å²) in [5.74, 6) is 0.342. The lowest BCUT2D eigenvalue weighted by Gasteiger charge is -2.45. The minimum atomic E-state index is 0.342. The molecule has 2 rings (SSSR count). The van der Waals surface area contributed by atoms with Crippen molar-refractivity contribution in [2.75, 3.05) is 19.6 Å². The number of piperazine rings is 1. The van der Waals surface area contributed by atoms with Gasteiger partial charge in [-0.05, 0) is 33.1 Å². The number of hydrogen-bond donors (Lipinski definition) is 0. The first kappa shape index (κ1) is 9.97. The first-order valence-corrected chi connectivity index (χ1v) is 5.72. The molecule has 2 fully saturated rings. The Morgan fingerprint density at radius 2 is 2.14 bits per heavy atom. The van der Waals surface area contributed by atoms with Gasteiger partial charge >= 0.3 is 0 Å². The predicted octanol–water partition coefficient (Wildman–Crippen LogP) is 1.09. The number of carbonyl (C=O) groups excluding carboxylic acids is 1. The Labute approximate surface area is 86.1 Å². The van der Waals surface area contributed by atoms with E-state index >= 15 is 0 Å². The van der Waals surface area contributed by atoms with E-state index in [-0.39, 0.29) is 0 Å². The molecule has 2 saturated heterocycles. The van der Waals surface area contributed by atoms with E-state index in [9.17, 15) is 4.79 Å². The van der Waals surface area contributed by atoms with E-state index in [0.717, 1.165) is 13.1 Å². The van der Waals surface area contributed by atoms with Crippen molar-refractivity contribution >= 4 is 5.91 Å². The van der Waals surface area contributed by atoms with Crippen LogP contribution in [0.15, 0.2) is 0 Å². The van der Waals surface area contributed by atoms with Crippen LogP contribution in [0.2, 0.25) is 0 Å². The third-order valence-corrected chi connectivity index (χ3v) is 3.46. The molecule has 0 spiro atoms. The third-order valence-electron chi connectivity index (χ3n) is 3.46. The van der Waals surface area contributed by atoms with Crippen LogP contribution in [0.3, 0.4) is 0 Å². The summed E-state index contributed by atoms with van der Waals surface area (Å²) in [6.07, 6.45) is 3.69. The van der Waals surface area contributed by atoms with Gasteiger partial charge in [0.1, 0.15) is 0 Å². The van der Waals surface area contributed by atoms with Crippen LogP contribution >= 0.6 is 0 Å². The first-order chi connectivity index (χ1) is 6.68. The van der Waals surface area contributed by atoms with Gasteiger partial charge in [0.05, 0.1) is 6.54 Å². The van der Waals surface area contributed by atoms with E-state index in [4.69, 9.17) is 0 Å². The molecule has 0 aromatic rings. The molecule has 0 radical (unpaired) electrons. The minimum Gasteiger partial charge on any atom is -0.337 e. The topological polar surface area (TPSA) is 23.6 Å². The average molecular weight is 196 g/mol. The van der Waals surface area contributed by atoms with Gasteiger partial charge in [0.2, 0.25) is 5.91 Å². The molecule has 2 aliphatic rings. The summed E-state index contributed by atoms with van der Waals surface area (Å²) < 4.78 is 0. The van der Waals surface area contributed by atoms with Crippen LogP contribution in [0.4, 0.5) is 0 Å². The van der Waals surface area contributed by atoms with Crippen LogP contribution in [0.25, 0.3) is 0 Å². The number of rotatable bonds is 1. The summed E-state index contributed by atoms with van der Waals surface area (Å²) in [5, 5.41) is 0. The standard InChI is InChI=1S/C11H20N2O/c1-9(2)12-7-10-5-3-4-6-13(10)11(14)8-12/h9-10H,3-8H2,1-2H3. The second kappa shape index (κ2) is 3.89. The summed E-state index contributed by atoms with van der Waals surface area (Å²) in [6.45, 7) is 7.06. The van der Waals surface area contributed by atoms with E-state index in [1.807, 2.05) is 0 Å². The van der Waals surface area contributed by atoms with Crippen molar-refractivity contribution in [3.8, 4) is 0 Å². The van der Waals surface area contributed by atoms with Gasteiger partial charge in [-0.15, -0.1) is 0 Å². The fourth-order valence-corrected chi connectivity index (χ4v) is 2.51. The molecule has 2 aliphatic heterocycles. The van der Waals surface area contributed by atoms with Gasteiger partial charge in [-0.25, -0.2) is 0 Å². The maximum Gasteiger partial charge on any atom is 0.237 e. The average Bonchev–Trinajstić information content (AvgIpc) is 2.17. The van der Waals surface area contributed by atoms with E-state index in [0.29, 0.717) is 24.5 Å². The highest BCUT2D eigenvalue weighted by Gasteiger charge is 2.34. The quantitative estimate of drug-likeness (QED) is 0.627. The van der Waals surface area contributed by atoms with Gasteiger partial charge in [-0.2, -0.15) is 0 Å². The smallest absolute Gasteiger partial charge is 0.237 e. The fourth-order valence-electron chi connectivity index (χ4n) is 2.51. The molecule has 80 valence electrons. The van der Waals surface area contributed by atoms with Gasteiger partial charge < -0.3 is 4.90 Å². The molecule has 3 nitrogen and oxygen atoms in total. The Kier molecular flexibility index (Phi) is 2.77. The molecular formula is C11H20N2O. The van der Waals surface area contributed by atoms with Crippen molar-refractivity contribution in [3.63, 3.8) is 0 Å². The Morgan fingerprint density at radius 1 is 1.36 bits per heavy atom. The number of carbonyl (C=O) groups is 1. The van der Waals surface area contributed by atoms with Crippen LogP contribution in [-0.2, 0) is 4.79 Å². The molecule has 0 aromatic heterocycles. The molecule has 1 unspecified atom stereocenters. The summed E-state index contributed by atoms with van der Waals surface area (Å²) in [6, 6.07) is 1.01. The molecular weight excluding hydrogens is 176 g/mol. The lowest BCUT2D eigenvalue weighted by atomic mass is 9.98.